The number of imidazole rings is 1. The van der Waals surface area contributed by atoms with Crippen LogP contribution in [-0.4, -0.2) is 46.7 Å². The zero-order valence-electron chi connectivity index (χ0n) is 21.2. The molecule has 1 atom stereocenters. The first-order chi connectivity index (χ1) is 18.1. The third-order valence-electron chi connectivity index (χ3n) is 5.87. The van der Waals surface area contributed by atoms with Crippen molar-refractivity contribution in [2.75, 3.05) is 14.2 Å². The van der Waals surface area contributed by atoms with Crippen LogP contribution in [0.15, 0.2) is 64.8 Å². The molecule has 4 rings (SSSR count). The molecule has 0 fully saturated rings. The van der Waals surface area contributed by atoms with Gasteiger partial charge in [0.25, 0.3) is 10.0 Å². The average molecular weight is 555 g/mol. The molecule has 2 heterocycles. The van der Waals surface area contributed by atoms with Gasteiger partial charge in [0.2, 0.25) is 11.1 Å². The Kier molecular flexibility index (Phi) is 7.65. The lowest BCUT2D eigenvalue weighted by Gasteiger charge is -2.13. The van der Waals surface area contributed by atoms with E-state index in [9.17, 15) is 17.4 Å². The van der Waals surface area contributed by atoms with Crippen LogP contribution in [0, 0.1) is 13.8 Å². The van der Waals surface area contributed by atoms with E-state index in [2.05, 4.69) is 9.97 Å². The van der Waals surface area contributed by atoms with Crippen LogP contribution < -0.4 is 15.2 Å². The summed E-state index contributed by atoms with van der Waals surface area (Å²) in [4.78, 5) is 19.8. The predicted octanol–water partition coefficient (Wildman–Crippen LogP) is 3.11. The van der Waals surface area contributed by atoms with Crippen molar-refractivity contribution in [1.82, 2.24) is 13.9 Å². The van der Waals surface area contributed by atoms with E-state index in [4.69, 9.17) is 15.2 Å². The van der Waals surface area contributed by atoms with Gasteiger partial charge in [-0.25, -0.2) is 17.4 Å². The molecule has 1 unspecified atom stereocenters. The smallest absolute Gasteiger partial charge is 0.270 e. The van der Waals surface area contributed by atoms with Crippen molar-refractivity contribution in [2.24, 2.45) is 5.73 Å². The molecule has 38 heavy (non-hydrogen) atoms. The van der Waals surface area contributed by atoms with Gasteiger partial charge in [-0.05, 0) is 49.8 Å². The molecule has 198 valence electrons. The second-order valence-electron chi connectivity index (χ2n) is 8.36. The molecule has 0 aliphatic rings. The number of ether oxygens (including phenoxy) is 2. The second-order valence-corrected chi connectivity index (χ2v) is 11.5. The lowest BCUT2D eigenvalue weighted by molar-refractivity contribution is -0.113. The number of nitrogens with zero attached hydrogens (tertiary/aromatic N) is 3. The molecule has 2 N–H and O–H groups in total. The molecule has 0 saturated carbocycles. The first kappa shape index (κ1) is 27.0. The van der Waals surface area contributed by atoms with Gasteiger partial charge in [0.05, 0.1) is 52.4 Å². The zero-order chi connectivity index (χ0) is 27.6. The van der Waals surface area contributed by atoms with Crippen molar-refractivity contribution >= 4 is 43.8 Å². The van der Waals surface area contributed by atoms with Gasteiger partial charge >= 0.3 is 0 Å². The summed E-state index contributed by atoms with van der Waals surface area (Å²) in [6, 6.07) is 10.6. The molecule has 0 spiro atoms. The Hall–Kier alpha value is -4.03. The molecule has 4 aromatic rings. The number of aromatic nitrogens is 3. The highest BCUT2D eigenvalue weighted by atomic mass is 32.2. The van der Waals surface area contributed by atoms with Gasteiger partial charge in [0.15, 0.2) is 0 Å². The predicted molar refractivity (Wildman–Crippen MR) is 144 cm³/mol. The van der Waals surface area contributed by atoms with E-state index >= 15 is 0 Å². The third kappa shape index (κ3) is 5.18. The summed E-state index contributed by atoms with van der Waals surface area (Å²) >= 11 is 0. The highest BCUT2D eigenvalue weighted by molar-refractivity contribution is 7.91. The maximum Gasteiger partial charge on any atom is 0.270 e. The number of methoxy groups -OCH3 is 2. The number of aryl methyl sites for hydroxylation is 1. The van der Waals surface area contributed by atoms with Crippen molar-refractivity contribution in [1.29, 1.82) is 0 Å². The number of benzene rings is 2. The second kappa shape index (κ2) is 10.8. The van der Waals surface area contributed by atoms with E-state index in [1.165, 1.54) is 49.6 Å². The van der Waals surface area contributed by atoms with Crippen molar-refractivity contribution in [3.8, 4) is 11.5 Å². The average Bonchev–Trinajstić information content (AvgIpc) is 3.29. The van der Waals surface area contributed by atoms with Crippen LogP contribution in [0.2, 0.25) is 0 Å². The third-order valence-corrected chi connectivity index (χ3v) is 8.92. The van der Waals surface area contributed by atoms with E-state index < -0.39 is 26.7 Å². The minimum absolute atomic E-state index is 0.0552. The number of fused-ring (bicyclic) bond motifs is 1. The fourth-order valence-electron chi connectivity index (χ4n) is 3.95. The number of rotatable bonds is 9. The molecule has 1 amide bonds. The van der Waals surface area contributed by atoms with Gasteiger partial charge in [-0.1, -0.05) is 12.1 Å². The summed E-state index contributed by atoms with van der Waals surface area (Å²) in [5.41, 5.74) is 8.32. The van der Waals surface area contributed by atoms with Crippen molar-refractivity contribution in [3.05, 3.63) is 77.1 Å². The van der Waals surface area contributed by atoms with Crippen LogP contribution in [0.25, 0.3) is 17.1 Å². The summed E-state index contributed by atoms with van der Waals surface area (Å²) in [6.45, 7) is 3.66. The van der Waals surface area contributed by atoms with Gasteiger partial charge < -0.3 is 15.2 Å². The maximum atomic E-state index is 13.9. The number of carbonyl (C=O) groups excluding carboxylic acids is 1. The Morgan fingerprint density at radius 2 is 1.82 bits per heavy atom. The van der Waals surface area contributed by atoms with Gasteiger partial charge in [-0.15, -0.1) is 0 Å². The first-order valence-electron chi connectivity index (χ1n) is 11.3. The fourth-order valence-corrected chi connectivity index (χ4v) is 6.99. The van der Waals surface area contributed by atoms with Crippen molar-refractivity contribution < 1.29 is 26.9 Å². The molecular weight excluding hydrogens is 528 g/mol. The van der Waals surface area contributed by atoms with Crippen LogP contribution in [0.1, 0.15) is 22.4 Å². The Morgan fingerprint density at radius 3 is 2.45 bits per heavy atom. The van der Waals surface area contributed by atoms with Crippen LogP contribution in [0.3, 0.4) is 0 Å². The molecule has 0 aliphatic heterocycles. The number of hydrogen-bond donors (Lipinski definition) is 1. The Labute approximate surface area is 222 Å². The van der Waals surface area contributed by atoms with E-state index in [1.807, 2.05) is 13.8 Å². The molecule has 0 aliphatic carbocycles. The van der Waals surface area contributed by atoms with Gasteiger partial charge in [-0.3, -0.25) is 14.0 Å². The molecule has 0 saturated heterocycles. The largest absolute Gasteiger partial charge is 0.497 e. The van der Waals surface area contributed by atoms with E-state index in [0.717, 1.165) is 9.54 Å². The summed E-state index contributed by atoms with van der Waals surface area (Å²) in [6.07, 6.45) is 4.27. The number of nitrogens with two attached hydrogens (primary N) is 1. The minimum atomic E-state index is -4.25. The summed E-state index contributed by atoms with van der Waals surface area (Å²) < 4.78 is 53.2. The number of hydrogen-bond acceptors (Lipinski definition) is 8. The quantitative estimate of drug-likeness (QED) is 0.311. The number of carbonyl (C=O) groups is 1. The topological polar surface area (TPSA) is 143 Å². The lowest BCUT2D eigenvalue weighted by Crippen LogP contribution is -2.18. The maximum absolute atomic E-state index is 13.9. The highest BCUT2D eigenvalue weighted by Crippen LogP contribution is 2.30. The number of primary amides is 1. The first-order valence-corrected chi connectivity index (χ1v) is 14.1. The Bertz CT molecular complexity index is 1690. The highest BCUT2D eigenvalue weighted by Gasteiger charge is 2.28. The Balaban J connectivity index is 1.84. The summed E-state index contributed by atoms with van der Waals surface area (Å²) in [5, 5.41) is -0.147. The number of amides is 1. The van der Waals surface area contributed by atoms with E-state index in [1.54, 1.807) is 25.4 Å². The van der Waals surface area contributed by atoms with Crippen LogP contribution >= 0.6 is 0 Å². The minimum Gasteiger partial charge on any atom is -0.497 e. The fraction of sp³-hybridized carbons (Fsp3) is 0.192. The van der Waals surface area contributed by atoms with Crippen molar-refractivity contribution in [2.45, 2.75) is 29.7 Å². The summed E-state index contributed by atoms with van der Waals surface area (Å²) in [7, 11) is -3.13. The van der Waals surface area contributed by atoms with Gasteiger partial charge in [-0.2, -0.15) is 0 Å². The van der Waals surface area contributed by atoms with E-state index in [0.29, 0.717) is 33.8 Å². The van der Waals surface area contributed by atoms with Gasteiger partial charge in [0, 0.05) is 29.5 Å². The van der Waals surface area contributed by atoms with E-state index in [-0.39, 0.29) is 21.3 Å². The standard InChI is InChI=1S/C26H26N4O6S2/c1-16-14-28-22(17(2)25(16)36-4)15-37(32)26-29-21-11-8-19(35-3)13-23(21)30(26)38(33,34)20-9-5-18(6-10-20)7-12-24(27)31/h5-14H,15H2,1-4H3,(H2,27,31). The summed E-state index contributed by atoms with van der Waals surface area (Å²) in [5.74, 6) is 0.348. The number of pyridine rings is 1. The van der Waals surface area contributed by atoms with Gasteiger partial charge in [0.1, 0.15) is 11.5 Å². The zero-order valence-corrected chi connectivity index (χ0v) is 22.8. The van der Waals surface area contributed by atoms with Crippen LogP contribution in [0.5, 0.6) is 11.5 Å². The van der Waals surface area contributed by atoms with Crippen LogP contribution in [-0.2, 0) is 31.4 Å². The molecule has 2 aromatic heterocycles. The normalized spacial score (nSPS) is 12.6. The Morgan fingerprint density at radius 1 is 1.11 bits per heavy atom. The molecule has 10 nitrogen and oxygen atoms in total. The van der Waals surface area contributed by atoms with Crippen molar-refractivity contribution in [3.63, 3.8) is 0 Å². The molecule has 2 aromatic carbocycles. The molecular formula is C26H26N4O6S2. The lowest BCUT2D eigenvalue weighted by atomic mass is 10.1. The monoisotopic (exact) mass is 554 g/mol. The molecule has 12 heteroatoms. The van der Waals surface area contributed by atoms with Crippen LogP contribution in [0.4, 0.5) is 0 Å². The molecule has 0 radical (unpaired) electrons. The SMILES string of the molecule is COc1ccc2nc(S(=O)Cc3ncc(C)c(OC)c3C)n(S(=O)(=O)c3ccc(C=CC(N)=O)cc3)c2c1. The molecule has 0 bridgehead atoms.